The van der Waals surface area contributed by atoms with Crippen LogP contribution in [-0.4, -0.2) is 58.1 Å². The van der Waals surface area contributed by atoms with Gasteiger partial charge in [0.25, 0.3) is 15.7 Å². The minimum atomic E-state index is -5.55. The van der Waals surface area contributed by atoms with E-state index in [4.69, 9.17) is 0 Å². The zero-order valence-corrected chi connectivity index (χ0v) is 17.6. The van der Waals surface area contributed by atoms with Gasteiger partial charge in [-0.1, -0.05) is 0 Å². The second-order valence-electron chi connectivity index (χ2n) is 6.91. The first-order chi connectivity index (χ1) is 14.8. The van der Waals surface area contributed by atoms with E-state index in [0.29, 0.717) is 17.7 Å². The van der Waals surface area contributed by atoms with E-state index in [1.54, 1.807) is 14.1 Å². The number of rotatable bonds is 5. The molecule has 13 heteroatoms. The van der Waals surface area contributed by atoms with Crippen LogP contribution in [-0.2, 0) is 16.4 Å². The molecule has 2 heterocycles. The number of aromatic hydroxyl groups is 1. The van der Waals surface area contributed by atoms with E-state index in [1.165, 1.54) is 23.4 Å². The van der Waals surface area contributed by atoms with E-state index < -0.39 is 31.8 Å². The summed E-state index contributed by atoms with van der Waals surface area (Å²) in [5.41, 5.74) is -5.58. The third-order valence-electron chi connectivity index (χ3n) is 4.54. The summed E-state index contributed by atoms with van der Waals surface area (Å²) in [5.74, 6) is -0.873. The monoisotopic (exact) mass is 470 g/mol. The zero-order valence-electron chi connectivity index (χ0n) is 16.7. The van der Waals surface area contributed by atoms with E-state index in [2.05, 4.69) is 4.98 Å². The van der Waals surface area contributed by atoms with Crippen LogP contribution in [0.5, 0.6) is 5.88 Å². The predicted octanol–water partition coefficient (Wildman–Crippen LogP) is 1.78. The van der Waals surface area contributed by atoms with Crippen molar-refractivity contribution in [3.63, 3.8) is 0 Å². The molecule has 0 aliphatic carbocycles. The van der Waals surface area contributed by atoms with Crippen molar-refractivity contribution in [3.05, 3.63) is 70.5 Å². The first-order valence-electron chi connectivity index (χ1n) is 8.92. The lowest BCUT2D eigenvalue weighted by molar-refractivity contribution is -0.0436. The molecule has 0 fully saturated rings. The highest BCUT2D eigenvalue weighted by Crippen LogP contribution is 2.30. The lowest BCUT2D eigenvalue weighted by Gasteiger charge is -2.13. The Morgan fingerprint density at radius 2 is 1.78 bits per heavy atom. The summed E-state index contributed by atoms with van der Waals surface area (Å²) >= 11 is 0. The molecule has 1 amide bonds. The van der Waals surface area contributed by atoms with E-state index in [-0.39, 0.29) is 23.7 Å². The van der Waals surface area contributed by atoms with Crippen molar-refractivity contribution in [1.29, 1.82) is 0 Å². The summed E-state index contributed by atoms with van der Waals surface area (Å²) < 4.78 is 63.0. The van der Waals surface area contributed by atoms with Gasteiger partial charge in [-0.3, -0.25) is 14.3 Å². The molecule has 0 saturated heterocycles. The number of sulfone groups is 1. The highest BCUT2D eigenvalue weighted by molar-refractivity contribution is 7.92. The number of alkyl halides is 3. The Balaban J connectivity index is 1.99. The standard InChI is InChI=1S/C19H17F3N4O5S/c1-24(2)17(28)15-9-23-8-7-12(15)10-25-11-16(27)26(18(25)29)13-3-5-14(6-4-13)32(30,31)19(20,21)22/h3-9,11,27H,10H2,1-2H3. The number of amides is 1. The van der Waals surface area contributed by atoms with Crippen LogP contribution >= 0.6 is 0 Å². The lowest BCUT2D eigenvalue weighted by Crippen LogP contribution is -2.26. The molecule has 0 atom stereocenters. The van der Waals surface area contributed by atoms with Crippen molar-refractivity contribution < 1.29 is 31.5 Å². The van der Waals surface area contributed by atoms with Crippen molar-refractivity contribution in [2.45, 2.75) is 16.9 Å². The fourth-order valence-corrected chi connectivity index (χ4v) is 3.68. The molecule has 0 unspecified atom stereocenters. The number of hydrogen-bond donors (Lipinski definition) is 1. The van der Waals surface area contributed by atoms with Crippen LogP contribution in [0.1, 0.15) is 15.9 Å². The summed E-state index contributed by atoms with van der Waals surface area (Å²) in [6.45, 7) is -0.0998. The fraction of sp³-hybridized carbons (Fsp3) is 0.211. The van der Waals surface area contributed by atoms with Gasteiger partial charge in [0.2, 0.25) is 5.88 Å². The molecule has 0 saturated carbocycles. The topological polar surface area (TPSA) is 114 Å². The molecular weight excluding hydrogens is 453 g/mol. The molecular formula is C19H17F3N4O5S. The minimum absolute atomic E-state index is 0.0494. The smallest absolute Gasteiger partial charge is 0.493 e. The van der Waals surface area contributed by atoms with E-state index >= 15 is 0 Å². The quantitative estimate of drug-likeness (QED) is 0.608. The Morgan fingerprint density at radius 1 is 1.16 bits per heavy atom. The maximum Gasteiger partial charge on any atom is 0.501 e. The van der Waals surface area contributed by atoms with E-state index in [1.807, 2.05) is 0 Å². The Hall–Kier alpha value is -3.61. The lowest BCUT2D eigenvalue weighted by atomic mass is 10.1. The van der Waals surface area contributed by atoms with Gasteiger partial charge in [-0.25, -0.2) is 17.8 Å². The van der Waals surface area contributed by atoms with Gasteiger partial charge in [-0.2, -0.15) is 13.2 Å². The van der Waals surface area contributed by atoms with Gasteiger partial charge in [0.05, 0.1) is 28.9 Å². The molecule has 0 bridgehead atoms. The van der Waals surface area contributed by atoms with Crippen LogP contribution in [0.2, 0.25) is 0 Å². The number of carbonyl (C=O) groups excluding carboxylic acids is 1. The summed E-state index contributed by atoms with van der Waals surface area (Å²) in [4.78, 5) is 29.4. The van der Waals surface area contributed by atoms with E-state index in [9.17, 15) is 36.3 Å². The fourth-order valence-electron chi connectivity index (χ4n) is 2.92. The van der Waals surface area contributed by atoms with Crippen molar-refractivity contribution in [3.8, 4) is 11.6 Å². The molecule has 32 heavy (non-hydrogen) atoms. The molecule has 0 aliphatic heterocycles. The largest absolute Gasteiger partial charge is 0.501 e. The second kappa shape index (κ2) is 8.15. The van der Waals surface area contributed by atoms with Gasteiger partial charge in [-0.05, 0) is 35.9 Å². The van der Waals surface area contributed by atoms with Crippen LogP contribution in [0.25, 0.3) is 5.69 Å². The average Bonchev–Trinajstić information content (AvgIpc) is 3.00. The highest BCUT2D eigenvalue weighted by Gasteiger charge is 2.46. The second-order valence-corrected chi connectivity index (χ2v) is 8.85. The number of hydrogen-bond acceptors (Lipinski definition) is 6. The third kappa shape index (κ3) is 4.10. The number of nitrogens with zero attached hydrogens (tertiary/aromatic N) is 4. The summed E-state index contributed by atoms with van der Waals surface area (Å²) in [6, 6.07) is 4.86. The Bertz CT molecular complexity index is 1330. The zero-order chi connectivity index (χ0) is 23.8. The molecule has 0 radical (unpaired) electrons. The molecule has 0 spiro atoms. The minimum Gasteiger partial charge on any atom is -0.493 e. The third-order valence-corrected chi connectivity index (χ3v) is 6.04. The number of carbonyl (C=O) groups is 1. The van der Waals surface area contributed by atoms with Gasteiger partial charge in [0, 0.05) is 26.5 Å². The van der Waals surface area contributed by atoms with Crippen molar-refractivity contribution in [2.24, 2.45) is 0 Å². The summed E-state index contributed by atoms with van der Waals surface area (Å²) in [6.07, 6.45) is 3.87. The van der Waals surface area contributed by atoms with Crippen LogP contribution in [0.4, 0.5) is 13.2 Å². The number of aromatic nitrogens is 3. The first-order valence-corrected chi connectivity index (χ1v) is 10.4. The maximum atomic E-state index is 12.8. The Morgan fingerprint density at radius 3 is 2.34 bits per heavy atom. The van der Waals surface area contributed by atoms with Crippen molar-refractivity contribution in [1.82, 2.24) is 19.0 Å². The van der Waals surface area contributed by atoms with Gasteiger partial charge < -0.3 is 10.0 Å². The van der Waals surface area contributed by atoms with E-state index in [0.717, 1.165) is 27.5 Å². The van der Waals surface area contributed by atoms with Crippen molar-refractivity contribution in [2.75, 3.05) is 14.1 Å². The van der Waals surface area contributed by atoms with Crippen LogP contribution in [0.3, 0.4) is 0 Å². The maximum absolute atomic E-state index is 12.8. The number of halogens is 3. The average molecular weight is 470 g/mol. The SMILES string of the molecule is CN(C)C(=O)c1cnccc1Cn1cc(O)n(-c2ccc(S(=O)(=O)C(F)(F)F)cc2)c1=O. The van der Waals surface area contributed by atoms with Gasteiger partial charge in [-0.15, -0.1) is 0 Å². The summed E-state index contributed by atoms with van der Waals surface area (Å²) in [7, 11) is -2.44. The number of imidazole rings is 1. The van der Waals surface area contributed by atoms with Crippen LogP contribution < -0.4 is 5.69 Å². The molecule has 9 nitrogen and oxygen atoms in total. The highest BCUT2D eigenvalue weighted by atomic mass is 32.2. The van der Waals surface area contributed by atoms with Gasteiger partial charge in [0.1, 0.15) is 0 Å². The predicted molar refractivity (Wildman–Crippen MR) is 106 cm³/mol. The number of pyridine rings is 1. The molecule has 0 aliphatic rings. The molecule has 170 valence electrons. The Kier molecular flexibility index (Phi) is 5.87. The molecule has 2 aromatic heterocycles. The Labute approximate surface area is 179 Å². The molecule has 3 aromatic rings. The van der Waals surface area contributed by atoms with Crippen LogP contribution in [0.15, 0.2) is 58.6 Å². The summed E-state index contributed by atoms with van der Waals surface area (Å²) in [5, 5.41) is 10.2. The molecule has 1 N–H and O–H groups in total. The molecule has 3 rings (SSSR count). The number of benzene rings is 1. The van der Waals surface area contributed by atoms with Crippen molar-refractivity contribution >= 4 is 15.7 Å². The van der Waals surface area contributed by atoms with Gasteiger partial charge in [0.15, 0.2) is 0 Å². The normalized spacial score (nSPS) is 12.0. The first kappa shape index (κ1) is 23.1. The van der Waals surface area contributed by atoms with Gasteiger partial charge >= 0.3 is 11.2 Å². The molecule has 1 aromatic carbocycles. The van der Waals surface area contributed by atoms with Crippen LogP contribution in [0, 0.1) is 0 Å².